The van der Waals surface area contributed by atoms with E-state index < -0.39 is 42.2 Å². The number of fused-ring (bicyclic) bond motifs is 1. The Morgan fingerprint density at radius 3 is 2.85 bits per heavy atom. The van der Waals surface area contributed by atoms with Crippen LogP contribution in [0.15, 0.2) is 15.8 Å². The topological polar surface area (TPSA) is 158 Å². The van der Waals surface area contributed by atoms with Crippen LogP contribution in [0.2, 0.25) is 0 Å². The first kappa shape index (κ1) is 12.9. The second-order valence-corrected chi connectivity index (χ2v) is 4.29. The molecule has 3 rings (SSSR count). The molecule has 11 heteroatoms. The molecule has 0 radical (unpaired) electrons. The Bertz CT molecular complexity index is 697. The molecule has 108 valence electrons. The second kappa shape index (κ2) is 4.49. The lowest BCUT2D eigenvalue weighted by Gasteiger charge is -2.16. The van der Waals surface area contributed by atoms with Crippen LogP contribution in [-0.4, -0.2) is 54.9 Å². The molecule has 2 aromatic rings. The van der Waals surface area contributed by atoms with Crippen LogP contribution in [-0.2, 0) is 4.74 Å². The summed E-state index contributed by atoms with van der Waals surface area (Å²) >= 11 is 0. The zero-order valence-electron chi connectivity index (χ0n) is 9.86. The molecule has 11 nitrogen and oxygen atoms in total. The molecular weight excluding hydrogens is 276 g/mol. The molecule has 0 saturated carbocycles. The molecule has 0 aromatic carbocycles. The SMILES string of the molecule is O=c1c2c(ncn1[C@@H]1O[C@H](CO)[C@H](O)[C@H]1O)no[n+]2[O-]. The first-order valence-electron chi connectivity index (χ1n) is 5.63. The van der Waals surface area contributed by atoms with Crippen LogP contribution in [0.25, 0.3) is 11.2 Å². The minimum atomic E-state index is -1.45. The van der Waals surface area contributed by atoms with Crippen LogP contribution in [0.4, 0.5) is 0 Å². The fourth-order valence-electron chi connectivity index (χ4n) is 2.08. The van der Waals surface area contributed by atoms with Crippen LogP contribution >= 0.6 is 0 Å². The van der Waals surface area contributed by atoms with E-state index in [0.29, 0.717) is 0 Å². The van der Waals surface area contributed by atoms with Crippen molar-refractivity contribution in [1.82, 2.24) is 14.7 Å². The number of hydrogen-bond donors (Lipinski definition) is 3. The third kappa shape index (κ3) is 1.68. The zero-order valence-corrected chi connectivity index (χ0v) is 9.86. The highest BCUT2D eigenvalue weighted by atomic mass is 16.8. The fourth-order valence-corrected chi connectivity index (χ4v) is 2.08. The zero-order chi connectivity index (χ0) is 14.4. The Morgan fingerprint density at radius 2 is 2.20 bits per heavy atom. The Kier molecular flexibility index (Phi) is 2.90. The number of aromatic nitrogens is 4. The lowest BCUT2D eigenvalue weighted by Crippen LogP contribution is -2.38. The van der Waals surface area contributed by atoms with Crippen molar-refractivity contribution in [2.24, 2.45) is 0 Å². The van der Waals surface area contributed by atoms with E-state index in [4.69, 9.17) is 9.84 Å². The van der Waals surface area contributed by atoms with Gasteiger partial charge in [0.1, 0.15) is 24.6 Å². The van der Waals surface area contributed by atoms with Gasteiger partial charge in [0.05, 0.1) is 11.8 Å². The molecule has 2 aromatic heterocycles. The van der Waals surface area contributed by atoms with Crippen molar-refractivity contribution in [2.75, 3.05) is 6.61 Å². The van der Waals surface area contributed by atoms with Crippen LogP contribution in [0.1, 0.15) is 6.23 Å². The van der Waals surface area contributed by atoms with Crippen molar-refractivity contribution >= 4 is 11.2 Å². The van der Waals surface area contributed by atoms with Crippen molar-refractivity contribution < 1.29 is 29.6 Å². The first-order chi connectivity index (χ1) is 9.54. The van der Waals surface area contributed by atoms with Gasteiger partial charge in [0.15, 0.2) is 6.23 Å². The average Bonchev–Trinajstić information content (AvgIpc) is 2.94. The number of rotatable bonds is 2. The predicted molar refractivity (Wildman–Crippen MR) is 58.0 cm³/mol. The molecule has 0 spiro atoms. The van der Waals surface area contributed by atoms with Crippen LogP contribution < -0.4 is 10.5 Å². The van der Waals surface area contributed by atoms with Gasteiger partial charge in [-0.15, -0.1) is 0 Å². The number of hydrogen-bond acceptors (Lipinski definition) is 9. The first-order valence-corrected chi connectivity index (χ1v) is 5.63. The van der Waals surface area contributed by atoms with E-state index in [0.717, 1.165) is 10.9 Å². The largest absolute Gasteiger partial charge is 0.394 e. The Labute approximate surface area is 109 Å². The predicted octanol–water partition coefficient (Wildman–Crippen LogP) is -3.37. The van der Waals surface area contributed by atoms with Gasteiger partial charge < -0.3 is 25.3 Å². The summed E-state index contributed by atoms with van der Waals surface area (Å²) in [6.45, 7) is -0.534. The molecule has 3 heterocycles. The number of ether oxygens (including phenoxy) is 1. The van der Waals surface area contributed by atoms with Crippen LogP contribution in [0.5, 0.6) is 0 Å². The molecule has 0 bridgehead atoms. The van der Waals surface area contributed by atoms with Crippen molar-refractivity contribution in [1.29, 1.82) is 0 Å². The molecule has 20 heavy (non-hydrogen) atoms. The number of aliphatic hydroxyl groups is 3. The summed E-state index contributed by atoms with van der Waals surface area (Å²) in [6.07, 6.45) is -4.13. The van der Waals surface area contributed by atoms with Gasteiger partial charge in [-0.05, 0) is 4.90 Å². The highest BCUT2D eigenvalue weighted by Gasteiger charge is 2.44. The van der Waals surface area contributed by atoms with Gasteiger partial charge >= 0.3 is 16.7 Å². The van der Waals surface area contributed by atoms with Gasteiger partial charge in [-0.1, -0.05) is 0 Å². The molecule has 1 fully saturated rings. The van der Waals surface area contributed by atoms with Gasteiger partial charge in [-0.25, -0.2) is 0 Å². The van der Waals surface area contributed by atoms with Crippen molar-refractivity contribution in [3.05, 3.63) is 21.9 Å². The summed E-state index contributed by atoms with van der Waals surface area (Å²) in [4.78, 5) is 15.7. The molecule has 0 unspecified atom stereocenters. The molecule has 1 aliphatic rings. The lowest BCUT2D eigenvalue weighted by atomic mass is 10.1. The monoisotopic (exact) mass is 286 g/mol. The summed E-state index contributed by atoms with van der Waals surface area (Å²) in [7, 11) is 0. The Morgan fingerprint density at radius 1 is 1.45 bits per heavy atom. The molecule has 4 atom stereocenters. The minimum Gasteiger partial charge on any atom is -0.394 e. The molecule has 0 amide bonds. The van der Waals surface area contributed by atoms with Gasteiger partial charge in [0, 0.05) is 0 Å². The van der Waals surface area contributed by atoms with E-state index in [1.807, 2.05) is 0 Å². The Balaban J connectivity index is 2.09. The van der Waals surface area contributed by atoms with Gasteiger partial charge in [0.2, 0.25) is 0 Å². The smallest absolute Gasteiger partial charge is 0.347 e. The summed E-state index contributed by atoms with van der Waals surface area (Å²) in [5.74, 6) is 0. The maximum atomic E-state index is 12.1. The van der Waals surface area contributed by atoms with E-state index in [1.165, 1.54) is 0 Å². The van der Waals surface area contributed by atoms with Crippen molar-refractivity contribution in [2.45, 2.75) is 24.5 Å². The van der Waals surface area contributed by atoms with Gasteiger partial charge in [-0.2, -0.15) is 4.98 Å². The average molecular weight is 286 g/mol. The molecule has 1 saturated heterocycles. The maximum absolute atomic E-state index is 12.1. The summed E-state index contributed by atoms with van der Waals surface area (Å²) < 4.78 is 10.3. The third-order valence-electron chi connectivity index (χ3n) is 3.13. The minimum absolute atomic E-state index is 0.109. The molecular formula is C9H10N4O7. The van der Waals surface area contributed by atoms with Crippen LogP contribution in [0.3, 0.4) is 0 Å². The van der Waals surface area contributed by atoms with Crippen molar-refractivity contribution in [3.8, 4) is 0 Å². The van der Waals surface area contributed by atoms with Crippen molar-refractivity contribution in [3.63, 3.8) is 0 Å². The van der Waals surface area contributed by atoms with E-state index >= 15 is 0 Å². The van der Waals surface area contributed by atoms with E-state index in [2.05, 4.69) is 14.8 Å². The third-order valence-corrected chi connectivity index (χ3v) is 3.13. The summed E-state index contributed by atoms with van der Waals surface area (Å²) in [6, 6.07) is 0. The van der Waals surface area contributed by atoms with Gasteiger partial charge in [-0.3, -0.25) is 14.0 Å². The Hall–Kier alpha value is -2.08. The summed E-state index contributed by atoms with van der Waals surface area (Å²) in [5.41, 5.74) is -1.49. The maximum Gasteiger partial charge on any atom is 0.347 e. The fraction of sp³-hybridized carbons (Fsp3) is 0.556. The number of nitrogens with zero attached hydrogens (tertiary/aromatic N) is 4. The van der Waals surface area contributed by atoms with Gasteiger partial charge in [0.25, 0.3) is 0 Å². The highest BCUT2D eigenvalue weighted by Crippen LogP contribution is 2.28. The number of aliphatic hydroxyl groups excluding tert-OH is 3. The van der Waals surface area contributed by atoms with E-state index in [9.17, 15) is 20.2 Å². The lowest BCUT2D eigenvalue weighted by molar-refractivity contribution is -0.782. The van der Waals surface area contributed by atoms with E-state index in [1.54, 1.807) is 0 Å². The second-order valence-electron chi connectivity index (χ2n) is 4.29. The summed E-state index contributed by atoms with van der Waals surface area (Å²) in [5, 5.41) is 43.0. The van der Waals surface area contributed by atoms with E-state index in [-0.39, 0.29) is 10.6 Å². The quantitative estimate of drug-likeness (QED) is 0.479. The van der Waals surface area contributed by atoms with Crippen LogP contribution in [0, 0.1) is 5.21 Å². The highest BCUT2D eigenvalue weighted by molar-refractivity contribution is 5.62. The standard InChI is InChI=1S/C9H10N4O7/c14-1-3-5(15)6(16)9(19-3)12-2-10-7-4(8(12)17)13(18)20-11-7/h2-3,5-6,9,14-16H,1H2/t3-,5+,6-,9-/m1/s1. The molecule has 0 aliphatic carbocycles. The normalized spacial score (nSPS) is 30.1. The molecule has 3 N–H and O–H groups in total. The molecule has 1 aliphatic heterocycles.